The van der Waals surface area contributed by atoms with Crippen LogP contribution in [0.25, 0.3) is 0 Å². The number of Topliss-reactive ketones (excluding diaryl/α,β-unsaturated/α-hetero) is 1. The summed E-state index contributed by atoms with van der Waals surface area (Å²) < 4.78 is 5.93. The second-order valence-electron chi connectivity index (χ2n) is 13.5. The van der Waals surface area contributed by atoms with Crippen molar-refractivity contribution in [1.82, 2.24) is 0 Å². The summed E-state index contributed by atoms with van der Waals surface area (Å²) in [4.78, 5) is 25.7. The Kier molecular flexibility index (Phi) is 3.66. The van der Waals surface area contributed by atoms with E-state index in [1.165, 1.54) is 32.1 Å². The minimum atomic E-state index is -0.173. The molecule has 0 aromatic rings. The number of rotatable bonds is 0. The molecule has 0 radical (unpaired) electrons. The Labute approximate surface area is 182 Å². The maximum absolute atomic E-state index is 12.8. The molecule has 1 heterocycles. The van der Waals surface area contributed by atoms with Crippen LogP contribution < -0.4 is 0 Å². The molecule has 166 valence electrons. The lowest BCUT2D eigenvalue weighted by molar-refractivity contribution is -0.228. The van der Waals surface area contributed by atoms with Crippen molar-refractivity contribution in [1.29, 1.82) is 0 Å². The molecule has 3 heteroatoms. The number of ether oxygens (including phenoxy) is 1. The summed E-state index contributed by atoms with van der Waals surface area (Å²) in [5, 5.41) is 0. The van der Waals surface area contributed by atoms with Gasteiger partial charge in [-0.1, -0.05) is 34.6 Å². The number of hydrogen-bond acceptors (Lipinski definition) is 3. The van der Waals surface area contributed by atoms with Crippen LogP contribution >= 0.6 is 0 Å². The van der Waals surface area contributed by atoms with E-state index in [1.807, 2.05) is 0 Å². The highest BCUT2D eigenvalue weighted by Crippen LogP contribution is 2.77. The number of fused-ring (bicyclic) bond motifs is 5. The van der Waals surface area contributed by atoms with Gasteiger partial charge in [-0.25, -0.2) is 0 Å². The minimum absolute atomic E-state index is 0.140. The van der Waals surface area contributed by atoms with Crippen molar-refractivity contribution in [3.63, 3.8) is 0 Å². The smallest absolute Gasteiger partial charge is 0.312 e. The van der Waals surface area contributed by atoms with Gasteiger partial charge in [0.1, 0.15) is 11.9 Å². The van der Waals surface area contributed by atoms with Gasteiger partial charge in [-0.3, -0.25) is 9.59 Å². The lowest BCUT2D eigenvalue weighted by Crippen LogP contribution is -2.66. The lowest BCUT2D eigenvalue weighted by atomic mass is 9.32. The van der Waals surface area contributed by atoms with Crippen molar-refractivity contribution in [3.8, 4) is 0 Å². The predicted molar refractivity (Wildman–Crippen MR) is 116 cm³/mol. The van der Waals surface area contributed by atoms with Gasteiger partial charge in [0.05, 0.1) is 5.41 Å². The molecule has 0 aromatic heterocycles. The number of ketones is 1. The second kappa shape index (κ2) is 5.54. The Morgan fingerprint density at radius 1 is 0.767 bits per heavy atom. The van der Waals surface area contributed by atoms with Gasteiger partial charge in [-0.15, -0.1) is 0 Å². The van der Waals surface area contributed by atoms with E-state index in [-0.39, 0.29) is 28.3 Å². The van der Waals surface area contributed by atoms with Crippen molar-refractivity contribution in [3.05, 3.63) is 0 Å². The molecule has 3 nitrogen and oxygen atoms in total. The van der Waals surface area contributed by atoms with Crippen LogP contribution in [0, 0.1) is 50.7 Å². The van der Waals surface area contributed by atoms with E-state index < -0.39 is 0 Å². The van der Waals surface area contributed by atoms with Crippen LogP contribution in [0.5, 0.6) is 0 Å². The van der Waals surface area contributed by atoms with E-state index in [1.54, 1.807) is 0 Å². The third-order valence-corrected chi connectivity index (χ3v) is 12.8. The zero-order chi connectivity index (χ0) is 21.3. The van der Waals surface area contributed by atoms with Crippen LogP contribution in [0.4, 0.5) is 0 Å². The van der Waals surface area contributed by atoms with Crippen LogP contribution in [-0.4, -0.2) is 17.9 Å². The van der Waals surface area contributed by atoms with Crippen molar-refractivity contribution >= 4 is 11.8 Å². The topological polar surface area (TPSA) is 43.4 Å². The normalized spacial score (nSPS) is 58.4. The molecular formula is C27H40O3. The first-order valence-electron chi connectivity index (χ1n) is 12.8. The molecule has 2 unspecified atom stereocenters. The fraction of sp³-hybridized carbons (Fsp3) is 0.926. The maximum atomic E-state index is 12.8. The standard InChI is InChI=1S/C27H40O3/c1-23(2)18-9-12-26(5)19(24(18,3)11-10-20(23)28)7-6-16-21-17-8-13-27(21,22(29)30-17)15-14-25(16,26)4/h16-19,21H,6-15H2,1-5H3/t16-,17?,18+,19-,21+,24+,25-,26-,27?/m1/s1. The molecular weight excluding hydrogens is 372 g/mol. The van der Waals surface area contributed by atoms with E-state index in [4.69, 9.17) is 4.74 Å². The molecule has 1 saturated heterocycles. The number of carbonyl (C=O) groups is 2. The molecule has 0 aromatic carbocycles. The first kappa shape index (κ1) is 19.8. The Morgan fingerprint density at radius 3 is 2.27 bits per heavy atom. The molecule has 5 saturated carbocycles. The molecule has 9 atom stereocenters. The van der Waals surface area contributed by atoms with E-state index in [9.17, 15) is 9.59 Å². The summed E-state index contributed by atoms with van der Waals surface area (Å²) in [6, 6.07) is 0. The fourth-order valence-electron chi connectivity index (χ4n) is 11.1. The third kappa shape index (κ3) is 1.93. The molecule has 6 rings (SSSR count). The van der Waals surface area contributed by atoms with Crippen LogP contribution in [0.2, 0.25) is 0 Å². The number of hydrogen-bond donors (Lipinski definition) is 0. The zero-order valence-electron chi connectivity index (χ0n) is 19.7. The van der Waals surface area contributed by atoms with Gasteiger partial charge < -0.3 is 4.74 Å². The summed E-state index contributed by atoms with van der Waals surface area (Å²) in [5.41, 5.74) is 0.560. The summed E-state index contributed by atoms with van der Waals surface area (Å²) in [7, 11) is 0. The zero-order valence-corrected chi connectivity index (χ0v) is 19.7. The van der Waals surface area contributed by atoms with Gasteiger partial charge >= 0.3 is 5.97 Å². The Bertz CT molecular complexity index is 830. The molecule has 30 heavy (non-hydrogen) atoms. The molecule has 0 N–H and O–H groups in total. The van der Waals surface area contributed by atoms with Crippen molar-refractivity contribution in [2.45, 2.75) is 105 Å². The molecule has 2 bridgehead atoms. The Balaban J connectivity index is 1.41. The first-order valence-corrected chi connectivity index (χ1v) is 12.8. The van der Waals surface area contributed by atoms with Crippen LogP contribution in [0.1, 0.15) is 98.8 Å². The minimum Gasteiger partial charge on any atom is -0.462 e. The average molecular weight is 413 g/mol. The Morgan fingerprint density at radius 2 is 1.53 bits per heavy atom. The van der Waals surface area contributed by atoms with Crippen molar-refractivity contribution in [2.24, 2.45) is 50.7 Å². The van der Waals surface area contributed by atoms with E-state index >= 15 is 0 Å². The fourth-order valence-corrected chi connectivity index (χ4v) is 11.1. The summed E-state index contributed by atoms with van der Waals surface area (Å²) in [6.07, 6.45) is 11.4. The first-order chi connectivity index (χ1) is 14.0. The monoisotopic (exact) mass is 412 g/mol. The van der Waals surface area contributed by atoms with E-state index in [2.05, 4.69) is 34.6 Å². The van der Waals surface area contributed by atoms with Crippen LogP contribution in [-0.2, 0) is 14.3 Å². The van der Waals surface area contributed by atoms with Gasteiger partial charge in [0.25, 0.3) is 0 Å². The quantitative estimate of drug-likeness (QED) is 0.462. The van der Waals surface area contributed by atoms with Crippen LogP contribution in [0.3, 0.4) is 0 Å². The highest BCUT2D eigenvalue weighted by atomic mass is 16.6. The highest BCUT2D eigenvalue weighted by Gasteiger charge is 2.74. The lowest BCUT2D eigenvalue weighted by Gasteiger charge is -2.71. The van der Waals surface area contributed by atoms with Gasteiger partial charge in [-0.05, 0) is 91.8 Å². The molecule has 0 spiro atoms. The largest absolute Gasteiger partial charge is 0.462 e. The summed E-state index contributed by atoms with van der Waals surface area (Å²) in [6.45, 7) is 12.2. The predicted octanol–water partition coefficient (Wildman–Crippen LogP) is 5.95. The summed E-state index contributed by atoms with van der Waals surface area (Å²) in [5.74, 6) is 2.95. The van der Waals surface area contributed by atoms with Gasteiger partial charge in [0.2, 0.25) is 0 Å². The SMILES string of the molecule is CC1(C)C(=O)CC[C@]2(C)[C@H]3CC[C@@H]4[C@H]5C6CCC5(CC[C@@]4(C)[C@]3(C)CC[C@@H]12)C(=O)O6. The molecule has 1 aliphatic heterocycles. The number of esters is 1. The average Bonchev–Trinajstić information content (AvgIpc) is 3.18. The molecule has 5 aliphatic carbocycles. The second-order valence-corrected chi connectivity index (χ2v) is 13.5. The maximum Gasteiger partial charge on any atom is 0.312 e. The Hall–Kier alpha value is -0.860. The van der Waals surface area contributed by atoms with Gasteiger partial charge in [0.15, 0.2) is 0 Å². The van der Waals surface area contributed by atoms with Crippen LogP contribution in [0.15, 0.2) is 0 Å². The molecule has 6 fully saturated rings. The molecule has 0 amide bonds. The van der Waals surface area contributed by atoms with E-state index in [0.29, 0.717) is 40.3 Å². The molecule has 6 aliphatic rings. The summed E-state index contributed by atoms with van der Waals surface area (Å²) >= 11 is 0. The number of carbonyl (C=O) groups excluding carboxylic acids is 2. The van der Waals surface area contributed by atoms with E-state index in [0.717, 1.165) is 32.1 Å². The van der Waals surface area contributed by atoms with Gasteiger partial charge in [-0.2, -0.15) is 0 Å². The van der Waals surface area contributed by atoms with Gasteiger partial charge in [0, 0.05) is 17.8 Å². The van der Waals surface area contributed by atoms with Crippen molar-refractivity contribution < 1.29 is 14.3 Å². The highest BCUT2D eigenvalue weighted by molar-refractivity contribution is 5.85. The van der Waals surface area contributed by atoms with Crippen molar-refractivity contribution in [2.75, 3.05) is 0 Å². The third-order valence-electron chi connectivity index (χ3n) is 12.8.